The normalized spacial score (nSPS) is 13.6. The molecule has 0 spiro atoms. The van der Waals surface area contributed by atoms with Gasteiger partial charge >= 0.3 is 6.09 Å². The lowest BCUT2D eigenvalue weighted by Crippen LogP contribution is -2.22. The Morgan fingerprint density at radius 2 is 2.19 bits per heavy atom. The van der Waals surface area contributed by atoms with Crippen molar-refractivity contribution >= 4 is 25.3 Å². The van der Waals surface area contributed by atoms with E-state index < -0.39 is 11.0 Å². The summed E-state index contributed by atoms with van der Waals surface area (Å²) in [5.74, 6) is 0. The summed E-state index contributed by atoms with van der Waals surface area (Å²) in [5, 5.41) is 13.2. The molecule has 0 atom stereocenters. The Morgan fingerprint density at radius 3 is 2.88 bits per heavy atom. The molecule has 1 aromatic carbocycles. The second kappa shape index (κ2) is 4.84. The third-order valence-electron chi connectivity index (χ3n) is 2.14. The van der Waals surface area contributed by atoms with Crippen LogP contribution in [-0.4, -0.2) is 11.0 Å². The Labute approximate surface area is 98.2 Å². The standard InChI is InChI=1S/C9H8N2O4.H2S/c12-9-10-4-6-1-2-7(5-15-9)8(3-6)11(13)14;/h1-3H,4-5H2,(H,10,12);1H2. The number of carbonyl (C=O) groups is 1. The zero-order valence-electron chi connectivity index (χ0n) is 8.23. The summed E-state index contributed by atoms with van der Waals surface area (Å²) < 4.78 is 4.78. The van der Waals surface area contributed by atoms with Crippen molar-refractivity contribution in [3.8, 4) is 0 Å². The van der Waals surface area contributed by atoms with Crippen LogP contribution in [0, 0.1) is 10.1 Å². The van der Waals surface area contributed by atoms with Crippen LogP contribution in [0.4, 0.5) is 10.5 Å². The number of ether oxygens (including phenoxy) is 1. The van der Waals surface area contributed by atoms with Crippen molar-refractivity contribution in [2.45, 2.75) is 13.2 Å². The fourth-order valence-electron chi connectivity index (χ4n) is 1.38. The fourth-order valence-corrected chi connectivity index (χ4v) is 1.38. The number of benzene rings is 1. The number of fused-ring (bicyclic) bond motifs is 6. The van der Waals surface area contributed by atoms with E-state index in [1.165, 1.54) is 6.07 Å². The van der Waals surface area contributed by atoms with Gasteiger partial charge in [0.25, 0.3) is 5.69 Å². The highest BCUT2D eigenvalue weighted by atomic mass is 32.1. The Bertz CT molecular complexity index is 436. The van der Waals surface area contributed by atoms with Gasteiger partial charge in [-0.05, 0) is 11.6 Å². The van der Waals surface area contributed by atoms with Gasteiger partial charge in [0.15, 0.2) is 0 Å². The minimum absolute atomic E-state index is 0. The summed E-state index contributed by atoms with van der Waals surface area (Å²) in [5.41, 5.74) is 1.08. The third kappa shape index (κ3) is 2.43. The Balaban J connectivity index is 0.00000128. The number of alkyl carbamates (subject to hydrolysis) is 1. The monoisotopic (exact) mass is 242 g/mol. The predicted molar refractivity (Wildman–Crippen MR) is 60.5 cm³/mol. The van der Waals surface area contributed by atoms with Gasteiger partial charge in [0.05, 0.1) is 10.5 Å². The highest BCUT2D eigenvalue weighted by Gasteiger charge is 2.18. The van der Waals surface area contributed by atoms with Crippen molar-refractivity contribution in [3.05, 3.63) is 39.4 Å². The first-order valence-corrected chi connectivity index (χ1v) is 4.33. The van der Waals surface area contributed by atoms with Crippen LogP contribution in [0.1, 0.15) is 11.1 Å². The van der Waals surface area contributed by atoms with Crippen LogP contribution >= 0.6 is 13.5 Å². The third-order valence-corrected chi connectivity index (χ3v) is 2.14. The zero-order valence-corrected chi connectivity index (χ0v) is 9.23. The zero-order chi connectivity index (χ0) is 10.8. The predicted octanol–water partition coefficient (Wildman–Crippen LogP) is 1.45. The van der Waals surface area contributed by atoms with Crippen LogP contribution in [0.25, 0.3) is 0 Å². The average molecular weight is 242 g/mol. The summed E-state index contributed by atoms with van der Waals surface area (Å²) in [6.45, 7) is 0.155. The summed E-state index contributed by atoms with van der Waals surface area (Å²) in [6, 6.07) is 4.79. The summed E-state index contributed by atoms with van der Waals surface area (Å²) in [4.78, 5) is 21.2. The second-order valence-electron chi connectivity index (χ2n) is 3.15. The van der Waals surface area contributed by atoms with Gasteiger partial charge in [-0.3, -0.25) is 10.1 Å². The number of carbonyl (C=O) groups excluding carboxylic acids is 1. The molecule has 0 saturated heterocycles. The summed E-state index contributed by atoms with van der Waals surface area (Å²) >= 11 is 0. The molecule has 86 valence electrons. The van der Waals surface area contributed by atoms with Crippen molar-refractivity contribution in [2.24, 2.45) is 0 Å². The highest BCUT2D eigenvalue weighted by Crippen LogP contribution is 2.22. The number of hydrogen-bond acceptors (Lipinski definition) is 4. The lowest BCUT2D eigenvalue weighted by atomic mass is 10.1. The molecule has 2 bridgehead atoms. The lowest BCUT2D eigenvalue weighted by Gasteiger charge is -2.02. The van der Waals surface area contributed by atoms with E-state index in [0.29, 0.717) is 11.1 Å². The second-order valence-corrected chi connectivity index (χ2v) is 3.15. The van der Waals surface area contributed by atoms with Gasteiger partial charge in [0, 0.05) is 12.6 Å². The molecule has 7 heteroatoms. The number of nitrogens with zero attached hydrogens (tertiary/aromatic N) is 1. The Hall–Kier alpha value is -1.76. The van der Waals surface area contributed by atoms with Gasteiger partial charge in [0.1, 0.15) is 6.61 Å². The van der Waals surface area contributed by atoms with E-state index in [2.05, 4.69) is 5.32 Å². The van der Waals surface area contributed by atoms with Gasteiger partial charge in [-0.1, -0.05) is 6.07 Å². The van der Waals surface area contributed by atoms with Crippen LogP contribution in [-0.2, 0) is 17.9 Å². The first kappa shape index (κ1) is 12.3. The maximum Gasteiger partial charge on any atom is 0.407 e. The van der Waals surface area contributed by atoms with Crippen molar-refractivity contribution < 1.29 is 14.5 Å². The SMILES string of the molecule is O=C1NCc2ccc(c([N+](=O)[O-])c2)CO1.S. The highest BCUT2D eigenvalue weighted by molar-refractivity contribution is 7.59. The van der Waals surface area contributed by atoms with Gasteiger partial charge < -0.3 is 10.1 Å². The molecule has 0 fully saturated rings. The van der Waals surface area contributed by atoms with Crippen LogP contribution < -0.4 is 5.32 Å². The topological polar surface area (TPSA) is 81.5 Å². The molecule has 3 rings (SSSR count). The van der Waals surface area contributed by atoms with Gasteiger partial charge in [-0.25, -0.2) is 4.79 Å². The van der Waals surface area contributed by atoms with E-state index >= 15 is 0 Å². The number of nitrogens with one attached hydrogen (secondary N) is 1. The molecule has 0 radical (unpaired) electrons. The molecule has 2 aliphatic rings. The first-order valence-electron chi connectivity index (χ1n) is 4.33. The molecular formula is C9H10N2O4S. The van der Waals surface area contributed by atoms with Gasteiger partial charge in [-0.15, -0.1) is 0 Å². The molecule has 2 heterocycles. The van der Waals surface area contributed by atoms with E-state index in [4.69, 9.17) is 4.74 Å². The van der Waals surface area contributed by atoms with E-state index in [9.17, 15) is 14.9 Å². The van der Waals surface area contributed by atoms with Crippen LogP contribution in [0.3, 0.4) is 0 Å². The summed E-state index contributed by atoms with van der Waals surface area (Å²) in [6.07, 6.45) is -0.563. The Morgan fingerprint density at radius 1 is 1.44 bits per heavy atom. The smallest absolute Gasteiger partial charge is 0.407 e. The molecule has 0 aromatic heterocycles. The summed E-state index contributed by atoms with van der Waals surface area (Å²) in [7, 11) is 0. The molecule has 1 aromatic rings. The van der Waals surface area contributed by atoms with Crippen molar-refractivity contribution in [1.29, 1.82) is 0 Å². The maximum absolute atomic E-state index is 11.0. The van der Waals surface area contributed by atoms with Crippen molar-refractivity contribution in [1.82, 2.24) is 5.32 Å². The molecular weight excluding hydrogens is 232 g/mol. The number of rotatable bonds is 1. The fraction of sp³-hybridized carbons (Fsp3) is 0.222. The number of hydrogen-bond donors (Lipinski definition) is 1. The maximum atomic E-state index is 11.0. The number of nitro groups is 1. The Kier molecular flexibility index (Phi) is 3.73. The molecule has 16 heavy (non-hydrogen) atoms. The van der Waals surface area contributed by atoms with E-state index in [1.807, 2.05) is 0 Å². The molecule has 0 aliphatic carbocycles. The van der Waals surface area contributed by atoms with Crippen molar-refractivity contribution in [3.63, 3.8) is 0 Å². The molecule has 1 N–H and O–H groups in total. The number of nitro benzene ring substituents is 1. The quantitative estimate of drug-likeness (QED) is 0.597. The molecule has 2 aliphatic heterocycles. The molecule has 6 nitrogen and oxygen atoms in total. The first-order chi connectivity index (χ1) is 7.16. The van der Waals surface area contributed by atoms with Crippen LogP contribution in [0.5, 0.6) is 0 Å². The lowest BCUT2D eigenvalue weighted by molar-refractivity contribution is -0.385. The van der Waals surface area contributed by atoms with Gasteiger partial charge in [-0.2, -0.15) is 13.5 Å². The van der Waals surface area contributed by atoms with Gasteiger partial charge in [0.2, 0.25) is 0 Å². The van der Waals surface area contributed by atoms with E-state index in [1.54, 1.807) is 12.1 Å². The van der Waals surface area contributed by atoms with Crippen LogP contribution in [0.15, 0.2) is 18.2 Å². The molecule has 0 saturated carbocycles. The largest absolute Gasteiger partial charge is 0.444 e. The van der Waals surface area contributed by atoms with Crippen LogP contribution in [0.2, 0.25) is 0 Å². The number of amides is 1. The molecule has 1 amide bonds. The van der Waals surface area contributed by atoms with E-state index in [0.717, 1.165) is 0 Å². The van der Waals surface area contributed by atoms with E-state index in [-0.39, 0.29) is 32.3 Å². The molecule has 0 unspecified atom stereocenters. The minimum Gasteiger partial charge on any atom is -0.444 e. The minimum atomic E-state index is -0.563. The average Bonchev–Trinajstić information content (AvgIpc) is 2.35. The van der Waals surface area contributed by atoms with Crippen molar-refractivity contribution in [2.75, 3.05) is 0 Å².